The highest BCUT2D eigenvalue weighted by molar-refractivity contribution is 6.35. The zero-order valence-electron chi connectivity index (χ0n) is 10.2. The second-order valence-electron chi connectivity index (χ2n) is 5.13. The summed E-state index contributed by atoms with van der Waals surface area (Å²) >= 11 is 0. The standard InChI is InChI=1S/C11H18N2O3/c1-11(2,3)8(14)7-13-6-5-12(4)9(15)10(13)16/h5-7H2,1-4H3. The second-order valence-corrected chi connectivity index (χ2v) is 5.13. The molecule has 0 aromatic rings. The molecule has 0 spiro atoms. The van der Waals surface area contributed by atoms with Crippen LogP contribution in [0.4, 0.5) is 0 Å². The van der Waals surface area contributed by atoms with E-state index in [-0.39, 0.29) is 12.3 Å². The van der Waals surface area contributed by atoms with E-state index in [1.807, 2.05) is 0 Å². The van der Waals surface area contributed by atoms with E-state index < -0.39 is 17.2 Å². The fourth-order valence-electron chi connectivity index (χ4n) is 1.33. The molecule has 1 saturated heterocycles. The van der Waals surface area contributed by atoms with Gasteiger partial charge in [0.1, 0.15) is 0 Å². The summed E-state index contributed by atoms with van der Waals surface area (Å²) in [5, 5.41) is 0. The molecule has 0 N–H and O–H groups in total. The van der Waals surface area contributed by atoms with Crippen molar-refractivity contribution in [3.8, 4) is 0 Å². The van der Waals surface area contributed by atoms with Gasteiger partial charge in [-0.15, -0.1) is 0 Å². The molecule has 1 heterocycles. The lowest BCUT2D eigenvalue weighted by molar-refractivity contribution is -0.156. The number of amides is 2. The lowest BCUT2D eigenvalue weighted by Crippen LogP contribution is -2.54. The van der Waals surface area contributed by atoms with E-state index in [9.17, 15) is 14.4 Å². The molecule has 16 heavy (non-hydrogen) atoms. The summed E-state index contributed by atoms with van der Waals surface area (Å²) in [6.07, 6.45) is 0. The van der Waals surface area contributed by atoms with E-state index in [4.69, 9.17) is 0 Å². The molecule has 0 saturated carbocycles. The summed E-state index contributed by atoms with van der Waals surface area (Å²) in [6, 6.07) is 0. The van der Waals surface area contributed by atoms with Crippen molar-refractivity contribution < 1.29 is 14.4 Å². The maximum Gasteiger partial charge on any atom is 0.312 e. The molecule has 90 valence electrons. The summed E-state index contributed by atoms with van der Waals surface area (Å²) < 4.78 is 0. The number of carbonyl (C=O) groups excluding carboxylic acids is 3. The Kier molecular flexibility index (Phi) is 3.35. The van der Waals surface area contributed by atoms with Crippen LogP contribution < -0.4 is 0 Å². The first kappa shape index (κ1) is 12.7. The number of likely N-dealkylation sites (N-methyl/N-ethyl adjacent to an activating group) is 1. The van der Waals surface area contributed by atoms with E-state index >= 15 is 0 Å². The molecule has 0 aliphatic carbocycles. The van der Waals surface area contributed by atoms with E-state index in [1.165, 1.54) is 9.80 Å². The molecule has 1 rings (SSSR count). The van der Waals surface area contributed by atoms with Crippen molar-refractivity contribution in [3.63, 3.8) is 0 Å². The van der Waals surface area contributed by atoms with Gasteiger partial charge >= 0.3 is 11.8 Å². The van der Waals surface area contributed by atoms with Crippen molar-refractivity contribution in [2.75, 3.05) is 26.7 Å². The van der Waals surface area contributed by atoms with Crippen LogP contribution in [-0.2, 0) is 14.4 Å². The maximum atomic E-state index is 11.7. The number of carbonyl (C=O) groups is 3. The van der Waals surface area contributed by atoms with E-state index in [2.05, 4.69) is 0 Å². The first-order chi connectivity index (χ1) is 7.23. The summed E-state index contributed by atoms with van der Waals surface area (Å²) in [6.45, 7) is 6.36. The van der Waals surface area contributed by atoms with Gasteiger partial charge in [0, 0.05) is 25.6 Å². The van der Waals surface area contributed by atoms with Gasteiger partial charge in [-0.25, -0.2) is 0 Å². The first-order valence-corrected chi connectivity index (χ1v) is 5.31. The van der Waals surface area contributed by atoms with Crippen LogP contribution in [0.15, 0.2) is 0 Å². The predicted octanol–water partition coefficient (Wildman–Crippen LogP) is -0.0978. The molecular formula is C11H18N2O3. The molecule has 1 fully saturated rings. The SMILES string of the molecule is CN1CCN(CC(=O)C(C)(C)C)C(=O)C1=O. The van der Waals surface area contributed by atoms with Crippen molar-refractivity contribution in [3.05, 3.63) is 0 Å². The van der Waals surface area contributed by atoms with Crippen LogP contribution in [0.2, 0.25) is 0 Å². The quantitative estimate of drug-likeness (QED) is 0.618. The van der Waals surface area contributed by atoms with Crippen molar-refractivity contribution in [2.45, 2.75) is 20.8 Å². The fraction of sp³-hybridized carbons (Fsp3) is 0.727. The number of hydrogen-bond donors (Lipinski definition) is 0. The Morgan fingerprint density at radius 3 is 2.25 bits per heavy atom. The van der Waals surface area contributed by atoms with Gasteiger partial charge < -0.3 is 9.80 Å². The lowest BCUT2D eigenvalue weighted by Gasteiger charge is -2.32. The summed E-state index contributed by atoms with van der Waals surface area (Å²) in [5.41, 5.74) is -0.479. The minimum absolute atomic E-state index is 0.0294. The van der Waals surface area contributed by atoms with Crippen LogP contribution in [0.25, 0.3) is 0 Å². The normalized spacial score (nSPS) is 18.0. The third kappa shape index (κ3) is 2.59. The average Bonchev–Trinajstić information content (AvgIpc) is 2.17. The van der Waals surface area contributed by atoms with Crippen LogP contribution >= 0.6 is 0 Å². The molecule has 0 atom stereocenters. The number of hydrogen-bond acceptors (Lipinski definition) is 3. The monoisotopic (exact) mass is 226 g/mol. The second kappa shape index (κ2) is 4.23. The van der Waals surface area contributed by atoms with Gasteiger partial charge in [-0.2, -0.15) is 0 Å². The van der Waals surface area contributed by atoms with Crippen molar-refractivity contribution >= 4 is 17.6 Å². The molecule has 0 radical (unpaired) electrons. The zero-order valence-corrected chi connectivity index (χ0v) is 10.2. The van der Waals surface area contributed by atoms with Crippen LogP contribution in [0.5, 0.6) is 0 Å². The Morgan fingerprint density at radius 1 is 1.19 bits per heavy atom. The largest absolute Gasteiger partial charge is 0.336 e. The molecule has 0 aromatic heterocycles. The molecular weight excluding hydrogens is 208 g/mol. The van der Waals surface area contributed by atoms with E-state index in [0.717, 1.165) is 0 Å². The van der Waals surface area contributed by atoms with Gasteiger partial charge in [0.25, 0.3) is 0 Å². The average molecular weight is 226 g/mol. The highest BCUT2D eigenvalue weighted by atomic mass is 16.2. The minimum Gasteiger partial charge on any atom is -0.336 e. The Labute approximate surface area is 95.4 Å². The number of nitrogens with zero attached hydrogens (tertiary/aromatic N) is 2. The topological polar surface area (TPSA) is 57.7 Å². The highest BCUT2D eigenvalue weighted by Gasteiger charge is 2.33. The molecule has 0 aromatic carbocycles. The Hall–Kier alpha value is -1.39. The van der Waals surface area contributed by atoms with Crippen molar-refractivity contribution in [2.24, 2.45) is 5.41 Å². The third-order valence-corrected chi connectivity index (χ3v) is 2.69. The van der Waals surface area contributed by atoms with Gasteiger partial charge in [0.05, 0.1) is 6.54 Å². The minimum atomic E-state index is -0.577. The number of ketones is 1. The fourth-order valence-corrected chi connectivity index (χ4v) is 1.33. The molecule has 0 unspecified atom stereocenters. The Bertz CT molecular complexity index is 331. The lowest BCUT2D eigenvalue weighted by atomic mass is 9.90. The molecule has 2 amide bonds. The third-order valence-electron chi connectivity index (χ3n) is 2.69. The summed E-state index contributed by atoms with van der Waals surface area (Å²) in [7, 11) is 1.59. The zero-order chi connectivity index (χ0) is 12.5. The molecule has 5 heteroatoms. The van der Waals surface area contributed by atoms with Gasteiger partial charge in [-0.1, -0.05) is 20.8 Å². The summed E-state index contributed by atoms with van der Waals surface area (Å²) in [4.78, 5) is 37.4. The van der Waals surface area contributed by atoms with E-state index in [0.29, 0.717) is 13.1 Å². The van der Waals surface area contributed by atoms with Crippen molar-refractivity contribution in [1.82, 2.24) is 9.80 Å². The smallest absolute Gasteiger partial charge is 0.312 e. The van der Waals surface area contributed by atoms with Crippen LogP contribution in [0.3, 0.4) is 0 Å². The van der Waals surface area contributed by atoms with Gasteiger partial charge in [0.15, 0.2) is 5.78 Å². The van der Waals surface area contributed by atoms with Crippen LogP contribution in [0, 0.1) is 5.41 Å². The predicted molar refractivity (Wildman–Crippen MR) is 58.7 cm³/mol. The van der Waals surface area contributed by atoms with Crippen LogP contribution in [0.1, 0.15) is 20.8 Å². The van der Waals surface area contributed by atoms with Gasteiger partial charge in [-0.05, 0) is 0 Å². The van der Waals surface area contributed by atoms with Gasteiger partial charge in [0.2, 0.25) is 0 Å². The Balaban J connectivity index is 2.67. The molecule has 0 bridgehead atoms. The maximum absolute atomic E-state index is 11.7. The highest BCUT2D eigenvalue weighted by Crippen LogP contribution is 2.16. The van der Waals surface area contributed by atoms with E-state index in [1.54, 1.807) is 27.8 Å². The number of Topliss-reactive ketones (excluding diaryl/α,β-unsaturated/α-hetero) is 1. The molecule has 1 aliphatic heterocycles. The van der Waals surface area contributed by atoms with Gasteiger partial charge in [-0.3, -0.25) is 14.4 Å². The van der Waals surface area contributed by atoms with Crippen molar-refractivity contribution in [1.29, 1.82) is 0 Å². The summed E-state index contributed by atoms with van der Waals surface area (Å²) in [5.74, 6) is -1.14. The number of piperazine rings is 1. The molecule has 1 aliphatic rings. The first-order valence-electron chi connectivity index (χ1n) is 5.31. The Morgan fingerprint density at radius 2 is 1.75 bits per heavy atom. The van der Waals surface area contributed by atoms with Crippen LogP contribution in [-0.4, -0.2) is 54.1 Å². The number of rotatable bonds is 2. The molecule has 5 nitrogen and oxygen atoms in total.